The lowest BCUT2D eigenvalue weighted by Gasteiger charge is -2.00. The smallest absolute Gasteiger partial charge is 0.265 e. The number of carbonyl (C=O) groups is 1. The van der Waals surface area contributed by atoms with Crippen LogP contribution in [-0.4, -0.2) is 15.7 Å². The zero-order valence-electron chi connectivity index (χ0n) is 3.46. The van der Waals surface area contributed by atoms with Crippen molar-refractivity contribution in [1.29, 1.82) is 0 Å². The van der Waals surface area contributed by atoms with Crippen LogP contribution in [0.15, 0.2) is 12.3 Å². The Hall–Kier alpha value is -1.12. The highest BCUT2D eigenvalue weighted by Gasteiger charge is 2.21. The van der Waals surface area contributed by atoms with E-state index >= 15 is 0 Å². The van der Waals surface area contributed by atoms with Gasteiger partial charge in [-0.2, -0.15) is 5.10 Å². The van der Waals surface area contributed by atoms with E-state index in [9.17, 15) is 4.79 Å². The molecule has 0 saturated carbocycles. The van der Waals surface area contributed by atoms with Gasteiger partial charge in [-0.05, 0) is 6.07 Å². The molecular formula is C4H2N2O. The fraction of sp³-hybridized carbons (Fsp3) is 0. The molecule has 0 unspecified atom stereocenters. The van der Waals surface area contributed by atoms with Crippen molar-refractivity contribution in [2.45, 2.75) is 0 Å². The van der Waals surface area contributed by atoms with Gasteiger partial charge in [0.15, 0.2) is 5.69 Å². The highest BCUT2D eigenvalue weighted by Crippen LogP contribution is 2.07. The van der Waals surface area contributed by atoms with Crippen LogP contribution in [0.2, 0.25) is 0 Å². The first-order valence-corrected chi connectivity index (χ1v) is 1.98. The molecule has 1 aromatic rings. The van der Waals surface area contributed by atoms with Gasteiger partial charge in [0.05, 0.1) is 0 Å². The molecule has 0 spiro atoms. The van der Waals surface area contributed by atoms with E-state index in [0.29, 0.717) is 5.69 Å². The highest BCUT2D eigenvalue weighted by molar-refractivity contribution is 5.98. The SMILES string of the molecule is O=C1c2ccn1n2. The van der Waals surface area contributed by atoms with Crippen LogP contribution in [0.1, 0.15) is 10.5 Å². The molecular weight excluding hydrogens is 92.1 g/mol. The van der Waals surface area contributed by atoms with Crippen LogP contribution in [0.3, 0.4) is 0 Å². The summed E-state index contributed by atoms with van der Waals surface area (Å²) in [5.74, 6) is 0.0278. The van der Waals surface area contributed by atoms with Crippen LogP contribution in [0, 0.1) is 0 Å². The lowest BCUT2D eigenvalue weighted by molar-refractivity contribution is 0.0903. The Balaban J connectivity index is 2.91. The molecule has 0 atom stereocenters. The first-order valence-electron chi connectivity index (χ1n) is 1.98. The lowest BCUT2D eigenvalue weighted by atomic mass is 10.4. The summed E-state index contributed by atoms with van der Waals surface area (Å²) < 4.78 is 1.31. The van der Waals surface area contributed by atoms with E-state index in [1.807, 2.05) is 0 Å². The molecule has 34 valence electrons. The van der Waals surface area contributed by atoms with E-state index in [1.165, 1.54) is 4.68 Å². The molecule has 0 aliphatic carbocycles. The zero-order chi connectivity index (χ0) is 4.85. The maximum Gasteiger partial charge on any atom is 0.298 e. The third-order valence-electron chi connectivity index (χ3n) is 1.02. The van der Waals surface area contributed by atoms with Gasteiger partial charge in [-0.25, -0.2) is 4.68 Å². The van der Waals surface area contributed by atoms with Crippen LogP contribution in [0.4, 0.5) is 0 Å². The zero-order valence-corrected chi connectivity index (χ0v) is 3.46. The van der Waals surface area contributed by atoms with E-state index < -0.39 is 0 Å². The summed E-state index contributed by atoms with van der Waals surface area (Å²) >= 11 is 0. The monoisotopic (exact) mass is 94.0 g/mol. The van der Waals surface area contributed by atoms with E-state index in [-0.39, 0.29) is 5.91 Å². The Morgan fingerprint density at radius 2 is 2.57 bits per heavy atom. The van der Waals surface area contributed by atoms with E-state index in [2.05, 4.69) is 5.10 Å². The second-order valence-corrected chi connectivity index (χ2v) is 1.45. The van der Waals surface area contributed by atoms with Crippen LogP contribution in [0.5, 0.6) is 0 Å². The molecule has 2 bridgehead atoms. The molecule has 2 aliphatic heterocycles. The Morgan fingerprint density at radius 1 is 1.71 bits per heavy atom. The molecule has 3 nitrogen and oxygen atoms in total. The molecule has 0 radical (unpaired) electrons. The van der Waals surface area contributed by atoms with Crippen molar-refractivity contribution in [2.75, 3.05) is 0 Å². The molecule has 0 saturated heterocycles. The predicted octanol–water partition coefficient (Wildman–Crippen LogP) is -0.115. The molecule has 0 N–H and O–H groups in total. The lowest BCUT2D eigenvalue weighted by Crippen LogP contribution is -2.21. The standard InChI is InChI=1S/C4H2N2O/c7-4-3-1-2-6(4)5-3/h1-2H. The topological polar surface area (TPSA) is 34.9 Å². The summed E-state index contributed by atoms with van der Waals surface area (Å²) in [6, 6.07) is 1.70. The number of hydrogen-bond acceptors (Lipinski definition) is 2. The average Bonchev–Trinajstić information content (AvgIpc) is 2.18. The van der Waals surface area contributed by atoms with E-state index in [0.717, 1.165) is 0 Å². The van der Waals surface area contributed by atoms with Crippen molar-refractivity contribution in [3.8, 4) is 0 Å². The third-order valence-corrected chi connectivity index (χ3v) is 1.02. The van der Waals surface area contributed by atoms with Gasteiger partial charge >= 0.3 is 0 Å². The van der Waals surface area contributed by atoms with Crippen molar-refractivity contribution in [1.82, 2.24) is 9.78 Å². The van der Waals surface area contributed by atoms with Crippen LogP contribution < -0.4 is 0 Å². The van der Waals surface area contributed by atoms with Gasteiger partial charge in [-0.1, -0.05) is 0 Å². The molecule has 7 heavy (non-hydrogen) atoms. The van der Waals surface area contributed by atoms with E-state index in [4.69, 9.17) is 0 Å². The molecule has 3 heteroatoms. The number of aromatic nitrogens is 2. The molecule has 1 aromatic heterocycles. The van der Waals surface area contributed by atoms with Crippen molar-refractivity contribution in [3.05, 3.63) is 18.0 Å². The first kappa shape index (κ1) is 2.96. The van der Waals surface area contributed by atoms with Gasteiger partial charge in [0.1, 0.15) is 0 Å². The van der Waals surface area contributed by atoms with Crippen molar-refractivity contribution < 1.29 is 4.79 Å². The maximum absolute atomic E-state index is 10.4. The van der Waals surface area contributed by atoms with Crippen molar-refractivity contribution >= 4 is 5.91 Å². The minimum atomic E-state index is 0.0278. The number of rotatable bonds is 0. The van der Waals surface area contributed by atoms with Gasteiger partial charge in [0.25, 0.3) is 5.91 Å². The fourth-order valence-electron chi connectivity index (χ4n) is 0.624. The number of nitrogens with zero attached hydrogens (tertiary/aromatic N) is 2. The highest BCUT2D eigenvalue weighted by atomic mass is 16.2. The maximum atomic E-state index is 10.4. The van der Waals surface area contributed by atoms with Gasteiger partial charge in [-0.15, -0.1) is 0 Å². The quantitative estimate of drug-likeness (QED) is 0.456. The number of carbonyl (C=O) groups excluding carboxylic acids is 1. The molecule has 3 heterocycles. The summed E-state index contributed by atoms with van der Waals surface area (Å²) in [5, 5.41) is 3.70. The average molecular weight is 94.1 g/mol. The third kappa shape index (κ3) is 0.161. The second-order valence-electron chi connectivity index (χ2n) is 1.45. The molecule has 3 rings (SSSR count). The Morgan fingerprint density at radius 3 is 2.71 bits per heavy atom. The van der Waals surface area contributed by atoms with Crippen molar-refractivity contribution in [2.24, 2.45) is 0 Å². The number of fused-ring (bicyclic) bond motifs is 1. The minimum Gasteiger partial charge on any atom is -0.265 e. The number of hydrogen-bond donors (Lipinski definition) is 0. The summed E-state index contributed by atoms with van der Waals surface area (Å²) in [5.41, 5.74) is 0.583. The summed E-state index contributed by atoms with van der Waals surface area (Å²) in [7, 11) is 0. The van der Waals surface area contributed by atoms with Gasteiger partial charge in [0, 0.05) is 6.20 Å². The van der Waals surface area contributed by atoms with Crippen LogP contribution >= 0.6 is 0 Å². The van der Waals surface area contributed by atoms with Crippen LogP contribution in [0.25, 0.3) is 0 Å². The van der Waals surface area contributed by atoms with Gasteiger partial charge in [-0.3, -0.25) is 4.79 Å². The molecule has 0 fully saturated rings. The fourth-order valence-corrected chi connectivity index (χ4v) is 0.624. The predicted molar refractivity (Wildman–Crippen MR) is 22.0 cm³/mol. The summed E-state index contributed by atoms with van der Waals surface area (Å²) in [6.45, 7) is 0. The normalized spacial score (nSPS) is 14.0. The summed E-state index contributed by atoms with van der Waals surface area (Å²) in [4.78, 5) is 10.4. The minimum absolute atomic E-state index is 0.0278. The van der Waals surface area contributed by atoms with Crippen molar-refractivity contribution in [3.63, 3.8) is 0 Å². The Bertz CT molecular complexity index is 197. The van der Waals surface area contributed by atoms with Gasteiger partial charge in [0.2, 0.25) is 0 Å². The first-order chi connectivity index (χ1) is 3.38. The van der Waals surface area contributed by atoms with Crippen LogP contribution in [-0.2, 0) is 0 Å². The summed E-state index contributed by atoms with van der Waals surface area (Å²) in [6.07, 6.45) is 1.65. The molecule has 0 amide bonds. The molecule has 0 aromatic carbocycles. The largest absolute Gasteiger partial charge is 0.298 e. The Labute approximate surface area is 39.6 Å². The molecule has 2 aliphatic rings. The van der Waals surface area contributed by atoms with E-state index in [1.54, 1.807) is 12.3 Å². The second kappa shape index (κ2) is 0.621. The Kier molecular flexibility index (Phi) is 0.262. The van der Waals surface area contributed by atoms with Gasteiger partial charge < -0.3 is 0 Å².